The predicted octanol–water partition coefficient (Wildman–Crippen LogP) is 2.42. The summed E-state index contributed by atoms with van der Waals surface area (Å²) in [6.07, 6.45) is 4.78. The molecule has 1 atom stereocenters. The molecule has 0 bridgehead atoms. The molecule has 1 unspecified atom stereocenters. The van der Waals surface area contributed by atoms with Crippen LogP contribution in [-0.2, 0) is 17.9 Å². The number of benzene rings is 1. The molecule has 2 N–H and O–H groups in total. The van der Waals surface area contributed by atoms with Gasteiger partial charge < -0.3 is 15.4 Å². The van der Waals surface area contributed by atoms with Crippen LogP contribution < -0.4 is 15.4 Å². The van der Waals surface area contributed by atoms with E-state index in [4.69, 9.17) is 4.74 Å². The summed E-state index contributed by atoms with van der Waals surface area (Å²) in [5.41, 5.74) is 2.00. The molecule has 1 saturated heterocycles. The van der Waals surface area contributed by atoms with Crippen LogP contribution in [0.1, 0.15) is 30.5 Å². The first-order valence-electron chi connectivity index (χ1n) is 8.44. The monoisotopic (exact) mass is 325 g/mol. The van der Waals surface area contributed by atoms with Crippen LogP contribution >= 0.6 is 0 Å². The van der Waals surface area contributed by atoms with Crippen molar-refractivity contribution in [2.75, 3.05) is 6.54 Å². The second-order valence-corrected chi connectivity index (χ2v) is 5.98. The maximum atomic E-state index is 12.0. The first kappa shape index (κ1) is 16.5. The van der Waals surface area contributed by atoms with Crippen molar-refractivity contribution >= 4 is 5.91 Å². The fourth-order valence-electron chi connectivity index (χ4n) is 2.76. The molecule has 0 saturated carbocycles. The van der Waals surface area contributed by atoms with Gasteiger partial charge in [-0.05, 0) is 49.1 Å². The van der Waals surface area contributed by atoms with Gasteiger partial charge in [-0.25, -0.2) is 0 Å². The second kappa shape index (κ2) is 8.45. The molecule has 1 aliphatic rings. The third kappa shape index (κ3) is 4.80. The standard InChI is InChI=1S/C19H23N3O2/c23-19-18(9-2-4-11-21-19)22-13-15-6-5-8-17(12-15)24-14-16-7-1-3-10-20-16/h1,3,5-8,10,12,18,22H,2,4,9,11,13-14H2,(H,21,23). The SMILES string of the molecule is O=C1NCCCCC1NCc1cccc(OCc2ccccn2)c1. The molecule has 2 aromatic rings. The fraction of sp³-hybridized carbons (Fsp3) is 0.368. The summed E-state index contributed by atoms with van der Waals surface area (Å²) in [7, 11) is 0. The van der Waals surface area contributed by atoms with E-state index in [9.17, 15) is 4.79 Å². The summed E-state index contributed by atoms with van der Waals surface area (Å²) in [5.74, 6) is 0.917. The molecule has 2 heterocycles. The van der Waals surface area contributed by atoms with Crippen molar-refractivity contribution in [3.05, 3.63) is 59.9 Å². The van der Waals surface area contributed by atoms with Crippen LogP contribution in [0.4, 0.5) is 0 Å². The van der Waals surface area contributed by atoms with Gasteiger partial charge in [-0.1, -0.05) is 18.2 Å². The molecular formula is C19H23N3O2. The number of amides is 1. The molecule has 24 heavy (non-hydrogen) atoms. The lowest BCUT2D eigenvalue weighted by Gasteiger charge is -2.15. The van der Waals surface area contributed by atoms with Crippen LogP contribution in [0.5, 0.6) is 5.75 Å². The summed E-state index contributed by atoms with van der Waals surface area (Å²) in [4.78, 5) is 16.2. The van der Waals surface area contributed by atoms with Crippen molar-refractivity contribution in [2.24, 2.45) is 0 Å². The zero-order chi connectivity index (χ0) is 16.6. The van der Waals surface area contributed by atoms with Gasteiger partial charge in [-0.3, -0.25) is 9.78 Å². The van der Waals surface area contributed by atoms with E-state index >= 15 is 0 Å². The Morgan fingerprint density at radius 3 is 3.04 bits per heavy atom. The smallest absolute Gasteiger partial charge is 0.237 e. The molecule has 126 valence electrons. The summed E-state index contributed by atoms with van der Waals surface area (Å²) in [6, 6.07) is 13.6. The highest BCUT2D eigenvalue weighted by molar-refractivity contribution is 5.81. The third-order valence-electron chi connectivity index (χ3n) is 4.10. The number of nitrogens with one attached hydrogen (secondary N) is 2. The van der Waals surface area contributed by atoms with E-state index in [0.29, 0.717) is 13.2 Å². The molecule has 0 aliphatic carbocycles. The van der Waals surface area contributed by atoms with Crippen LogP contribution in [-0.4, -0.2) is 23.5 Å². The van der Waals surface area contributed by atoms with E-state index in [-0.39, 0.29) is 11.9 Å². The first-order valence-corrected chi connectivity index (χ1v) is 8.44. The lowest BCUT2D eigenvalue weighted by molar-refractivity contribution is -0.122. The second-order valence-electron chi connectivity index (χ2n) is 5.98. The first-order chi connectivity index (χ1) is 11.8. The number of hydrogen-bond acceptors (Lipinski definition) is 4. The van der Waals surface area contributed by atoms with Gasteiger partial charge in [0.1, 0.15) is 12.4 Å². The highest BCUT2D eigenvalue weighted by Crippen LogP contribution is 2.15. The molecule has 1 fully saturated rings. The number of aromatic nitrogens is 1. The average molecular weight is 325 g/mol. The minimum atomic E-state index is -0.106. The van der Waals surface area contributed by atoms with Crippen molar-refractivity contribution in [1.82, 2.24) is 15.6 Å². The highest BCUT2D eigenvalue weighted by atomic mass is 16.5. The Hall–Kier alpha value is -2.40. The summed E-state index contributed by atoms with van der Waals surface area (Å²) in [5, 5.41) is 6.30. The maximum absolute atomic E-state index is 12.0. The van der Waals surface area contributed by atoms with Gasteiger partial charge in [0.2, 0.25) is 5.91 Å². The largest absolute Gasteiger partial charge is 0.487 e. The Morgan fingerprint density at radius 2 is 2.17 bits per heavy atom. The van der Waals surface area contributed by atoms with Crippen LogP contribution in [0.3, 0.4) is 0 Å². The van der Waals surface area contributed by atoms with Gasteiger partial charge in [-0.2, -0.15) is 0 Å². The maximum Gasteiger partial charge on any atom is 0.237 e. The molecule has 3 rings (SSSR count). The summed E-state index contributed by atoms with van der Waals surface area (Å²) in [6.45, 7) is 1.88. The zero-order valence-corrected chi connectivity index (χ0v) is 13.7. The Bertz CT molecular complexity index is 661. The van der Waals surface area contributed by atoms with E-state index in [2.05, 4.69) is 15.6 Å². The molecule has 1 aliphatic heterocycles. The number of nitrogens with zero attached hydrogens (tertiary/aromatic N) is 1. The van der Waals surface area contributed by atoms with Crippen LogP contribution in [0.15, 0.2) is 48.7 Å². The Labute approximate surface area is 142 Å². The predicted molar refractivity (Wildman–Crippen MR) is 92.5 cm³/mol. The number of ether oxygens (including phenoxy) is 1. The molecule has 5 heteroatoms. The molecule has 0 radical (unpaired) electrons. The van der Waals surface area contributed by atoms with Crippen LogP contribution in [0.2, 0.25) is 0 Å². The minimum absolute atomic E-state index is 0.106. The summed E-state index contributed by atoms with van der Waals surface area (Å²) < 4.78 is 5.80. The van der Waals surface area contributed by atoms with Gasteiger partial charge in [-0.15, -0.1) is 0 Å². The molecule has 1 aromatic carbocycles. The van der Waals surface area contributed by atoms with Crippen molar-refractivity contribution in [2.45, 2.75) is 38.5 Å². The van der Waals surface area contributed by atoms with E-state index < -0.39 is 0 Å². The molecule has 5 nitrogen and oxygen atoms in total. The molecule has 0 spiro atoms. The third-order valence-corrected chi connectivity index (χ3v) is 4.10. The van der Waals surface area contributed by atoms with Crippen molar-refractivity contribution in [3.63, 3.8) is 0 Å². The van der Waals surface area contributed by atoms with Crippen LogP contribution in [0.25, 0.3) is 0 Å². The van der Waals surface area contributed by atoms with E-state index in [1.165, 1.54) is 0 Å². The Balaban J connectivity index is 1.54. The van der Waals surface area contributed by atoms with E-state index in [0.717, 1.165) is 42.8 Å². The normalized spacial score (nSPS) is 17.8. The fourth-order valence-corrected chi connectivity index (χ4v) is 2.76. The topological polar surface area (TPSA) is 63.2 Å². The van der Waals surface area contributed by atoms with Crippen molar-refractivity contribution in [1.29, 1.82) is 0 Å². The lowest BCUT2D eigenvalue weighted by Crippen LogP contribution is -2.42. The zero-order valence-electron chi connectivity index (χ0n) is 13.7. The number of rotatable bonds is 6. The molecule has 1 aromatic heterocycles. The number of carbonyl (C=O) groups excluding carboxylic acids is 1. The van der Waals surface area contributed by atoms with Gasteiger partial charge in [0, 0.05) is 19.3 Å². The highest BCUT2D eigenvalue weighted by Gasteiger charge is 2.19. The molecule has 1 amide bonds. The number of pyridine rings is 1. The minimum Gasteiger partial charge on any atom is -0.487 e. The quantitative estimate of drug-likeness (QED) is 0.856. The number of carbonyl (C=O) groups is 1. The van der Waals surface area contributed by atoms with Gasteiger partial charge in [0.25, 0.3) is 0 Å². The van der Waals surface area contributed by atoms with Crippen molar-refractivity contribution in [3.8, 4) is 5.75 Å². The van der Waals surface area contributed by atoms with Gasteiger partial charge in [0.05, 0.1) is 11.7 Å². The van der Waals surface area contributed by atoms with E-state index in [1.54, 1.807) is 6.20 Å². The molecular weight excluding hydrogens is 302 g/mol. The van der Waals surface area contributed by atoms with Gasteiger partial charge >= 0.3 is 0 Å². The van der Waals surface area contributed by atoms with Crippen molar-refractivity contribution < 1.29 is 9.53 Å². The summed E-state index contributed by atoms with van der Waals surface area (Å²) >= 11 is 0. The Morgan fingerprint density at radius 1 is 1.21 bits per heavy atom. The van der Waals surface area contributed by atoms with E-state index in [1.807, 2.05) is 42.5 Å². The lowest BCUT2D eigenvalue weighted by atomic mass is 10.1. The Kier molecular flexibility index (Phi) is 5.80. The van der Waals surface area contributed by atoms with Gasteiger partial charge in [0.15, 0.2) is 0 Å². The number of hydrogen-bond donors (Lipinski definition) is 2. The van der Waals surface area contributed by atoms with Crippen LogP contribution in [0, 0.1) is 0 Å². The average Bonchev–Trinajstić information content (AvgIpc) is 2.84.